The lowest BCUT2D eigenvalue weighted by Crippen LogP contribution is -2.45. The van der Waals surface area contributed by atoms with Crippen molar-refractivity contribution in [3.8, 4) is 0 Å². The summed E-state index contributed by atoms with van der Waals surface area (Å²) in [5.41, 5.74) is 1.32. The molecule has 2 aliphatic heterocycles. The van der Waals surface area contributed by atoms with Gasteiger partial charge >= 0.3 is 0 Å². The number of anilines is 1. The first kappa shape index (κ1) is 12.4. The summed E-state index contributed by atoms with van der Waals surface area (Å²) < 4.78 is 0. The van der Waals surface area contributed by atoms with E-state index in [4.69, 9.17) is 0 Å². The SMILES string of the molecule is Cc1ccc(N2C(=O)CC3(CCCNC3)C2=O)cc1. The van der Waals surface area contributed by atoms with E-state index in [0.717, 1.165) is 24.9 Å². The third kappa shape index (κ3) is 1.96. The van der Waals surface area contributed by atoms with Crippen LogP contribution in [0, 0.1) is 12.3 Å². The Morgan fingerprint density at radius 1 is 1.21 bits per heavy atom. The smallest absolute Gasteiger partial charge is 0.241 e. The van der Waals surface area contributed by atoms with E-state index in [0.29, 0.717) is 18.7 Å². The highest BCUT2D eigenvalue weighted by Crippen LogP contribution is 2.40. The molecule has 100 valence electrons. The summed E-state index contributed by atoms with van der Waals surface area (Å²) in [7, 11) is 0. The number of aryl methyl sites for hydroxylation is 1. The molecular formula is C15H18N2O2. The molecule has 0 aliphatic carbocycles. The van der Waals surface area contributed by atoms with Crippen molar-refractivity contribution < 1.29 is 9.59 Å². The standard InChI is InChI=1S/C15H18N2O2/c1-11-3-5-12(6-4-11)17-13(18)9-15(14(17)19)7-2-8-16-10-15/h3-6,16H,2,7-10H2,1H3. The van der Waals surface area contributed by atoms with Gasteiger partial charge < -0.3 is 5.32 Å². The molecule has 2 amide bonds. The van der Waals surface area contributed by atoms with Gasteiger partial charge in [-0.15, -0.1) is 0 Å². The summed E-state index contributed by atoms with van der Waals surface area (Å²) in [6, 6.07) is 7.56. The molecule has 1 aromatic rings. The van der Waals surface area contributed by atoms with Crippen LogP contribution in [-0.4, -0.2) is 24.9 Å². The summed E-state index contributed by atoms with van der Waals surface area (Å²) in [6.45, 7) is 3.55. The first-order valence-corrected chi connectivity index (χ1v) is 6.77. The van der Waals surface area contributed by atoms with Crippen LogP contribution in [0.4, 0.5) is 5.69 Å². The van der Waals surface area contributed by atoms with Crippen molar-refractivity contribution >= 4 is 17.5 Å². The fourth-order valence-corrected chi connectivity index (χ4v) is 3.05. The summed E-state index contributed by atoms with van der Waals surface area (Å²) in [5.74, 6) is -0.105. The van der Waals surface area contributed by atoms with Crippen LogP contribution in [0.25, 0.3) is 0 Å². The van der Waals surface area contributed by atoms with Gasteiger partial charge in [0, 0.05) is 13.0 Å². The number of imide groups is 1. The Labute approximate surface area is 112 Å². The highest BCUT2D eigenvalue weighted by Gasteiger charge is 2.52. The molecule has 2 fully saturated rings. The van der Waals surface area contributed by atoms with Gasteiger partial charge in [0.25, 0.3) is 0 Å². The molecular weight excluding hydrogens is 240 g/mol. The predicted octanol–water partition coefficient (Wildman–Crippen LogP) is 1.63. The van der Waals surface area contributed by atoms with Crippen LogP contribution in [0.3, 0.4) is 0 Å². The van der Waals surface area contributed by atoms with Crippen LogP contribution in [-0.2, 0) is 9.59 Å². The molecule has 0 radical (unpaired) electrons. The number of amides is 2. The lowest BCUT2D eigenvalue weighted by atomic mass is 9.79. The van der Waals surface area contributed by atoms with Gasteiger partial charge in [-0.25, -0.2) is 0 Å². The van der Waals surface area contributed by atoms with Crippen molar-refractivity contribution in [2.24, 2.45) is 5.41 Å². The molecule has 1 aromatic carbocycles. The zero-order valence-corrected chi connectivity index (χ0v) is 11.1. The molecule has 1 N–H and O–H groups in total. The Hall–Kier alpha value is -1.68. The number of hydrogen-bond acceptors (Lipinski definition) is 3. The summed E-state index contributed by atoms with van der Waals surface area (Å²) in [5, 5.41) is 3.25. The monoisotopic (exact) mass is 258 g/mol. The predicted molar refractivity (Wildman–Crippen MR) is 72.8 cm³/mol. The van der Waals surface area contributed by atoms with Gasteiger partial charge in [0.15, 0.2) is 0 Å². The second kappa shape index (κ2) is 4.46. The average molecular weight is 258 g/mol. The number of carbonyl (C=O) groups excluding carboxylic acids is 2. The number of hydrogen-bond donors (Lipinski definition) is 1. The second-order valence-corrected chi connectivity index (χ2v) is 5.61. The highest BCUT2D eigenvalue weighted by molar-refractivity contribution is 6.22. The lowest BCUT2D eigenvalue weighted by molar-refractivity contribution is -0.126. The average Bonchev–Trinajstić information content (AvgIpc) is 2.64. The van der Waals surface area contributed by atoms with Crippen LogP contribution in [0.5, 0.6) is 0 Å². The molecule has 4 nitrogen and oxygen atoms in total. The molecule has 1 atom stereocenters. The number of carbonyl (C=O) groups is 2. The zero-order chi connectivity index (χ0) is 13.5. The summed E-state index contributed by atoms with van der Waals surface area (Å²) in [6.07, 6.45) is 2.11. The van der Waals surface area contributed by atoms with Crippen molar-refractivity contribution in [3.63, 3.8) is 0 Å². The molecule has 1 spiro atoms. The highest BCUT2D eigenvalue weighted by atomic mass is 16.2. The number of piperidine rings is 1. The minimum Gasteiger partial charge on any atom is -0.316 e. The van der Waals surface area contributed by atoms with Gasteiger partial charge in [0.1, 0.15) is 0 Å². The van der Waals surface area contributed by atoms with Crippen LogP contribution >= 0.6 is 0 Å². The third-order valence-electron chi connectivity index (χ3n) is 4.16. The first-order valence-electron chi connectivity index (χ1n) is 6.77. The first-order chi connectivity index (χ1) is 9.12. The van der Waals surface area contributed by atoms with Crippen molar-refractivity contribution in [1.82, 2.24) is 5.32 Å². The molecule has 2 saturated heterocycles. The van der Waals surface area contributed by atoms with Crippen molar-refractivity contribution in [2.45, 2.75) is 26.2 Å². The van der Waals surface area contributed by atoms with E-state index in [-0.39, 0.29) is 11.8 Å². The number of nitrogens with one attached hydrogen (secondary N) is 1. The summed E-state index contributed by atoms with van der Waals surface area (Å²) in [4.78, 5) is 26.2. The van der Waals surface area contributed by atoms with Gasteiger partial charge in [-0.2, -0.15) is 0 Å². The van der Waals surface area contributed by atoms with Crippen molar-refractivity contribution in [3.05, 3.63) is 29.8 Å². The molecule has 4 heteroatoms. The maximum Gasteiger partial charge on any atom is 0.241 e. The minimum atomic E-state index is -0.500. The van der Waals surface area contributed by atoms with Gasteiger partial charge in [0.2, 0.25) is 11.8 Å². The van der Waals surface area contributed by atoms with Crippen LogP contribution < -0.4 is 10.2 Å². The van der Waals surface area contributed by atoms with Crippen LogP contribution in [0.1, 0.15) is 24.8 Å². The number of rotatable bonds is 1. The zero-order valence-electron chi connectivity index (χ0n) is 11.1. The number of benzene rings is 1. The third-order valence-corrected chi connectivity index (χ3v) is 4.16. The molecule has 0 bridgehead atoms. The van der Waals surface area contributed by atoms with E-state index in [1.165, 1.54) is 4.90 Å². The van der Waals surface area contributed by atoms with Gasteiger partial charge in [-0.1, -0.05) is 17.7 Å². The van der Waals surface area contributed by atoms with E-state index in [9.17, 15) is 9.59 Å². The van der Waals surface area contributed by atoms with Crippen LogP contribution in [0.2, 0.25) is 0 Å². The Bertz CT molecular complexity index is 515. The maximum atomic E-state index is 12.6. The Balaban J connectivity index is 1.92. The summed E-state index contributed by atoms with van der Waals surface area (Å²) >= 11 is 0. The molecule has 0 saturated carbocycles. The molecule has 2 heterocycles. The minimum absolute atomic E-state index is 0.0337. The molecule has 0 aromatic heterocycles. The maximum absolute atomic E-state index is 12.6. The Morgan fingerprint density at radius 2 is 1.95 bits per heavy atom. The van der Waals surface area contributed by atoms with E-state index in [1.54, 1.807) is 0 Å². The van der Waals surface area contributed by atoms with Gasteiger partial charge in [0.05, 0.1) is 11.1 Å². The van der Waals surface area contributed by atoms with E-state index in [2.05, 4.69) is 5.32 Å². The Kier molecular flexibility index (Phi) is 2.90. The lowest BCUT2D eigenvalue weighted by Gasteiger charge is -2.31. The topological polar surface area (TPSA) is 49.4 Å². The van der Waals surface area contributed by atoms with E-state index >= 15 is 0 Å². The van der Waals surface area contributed by atoms with Crippen molar-refractivity contribution in [2.75, 3.05) is 18.0 Å². The molecule has 1 unspecified atom stereocenters. The second-order valence-electron chi connectivity index (χ2n) is 5.61. The molecule has 3 rings (SSSR count). The molecule has 19 heavy (non-hydrogen) atoms. The van der Waals surface area contributed by atoms with Crippen LogP contribution in [0.15, 0.2) is 24.3 Å². The fourth-order valence-electron chi connectivity index (χ4n) is 3.05. The van der Waals surface area contributed by atoms with E-state index in [1.807, 2.05) is 31.2 Å². The quantitative estimate of drug-likeness (QED) is 0.779. The van der Waals surface area contributed by atoms with E-state index < -0.39 is 5.41 Å². The normalized spacial score (nSPS) is 27.3. The van der Waals surface area contributed by atoms with Gasteiger partial charge in [-0.3, -0.25) is 14.5 Å². The largest absolute Gasteiger partial charge is 0.316 e. The van der Waals surface area contributed by atoms with Gasteiger partial charge in [-0.05, 0) is 38.4 Å². The Morgan fingerprint density at radius 3 is 2.58 bits per heavy atom. The molecule has 2 aliphatic rings. The number of nitrogens with zero attached hydrogens (tertiary/aromatic N) is 1. The van der Waals surface area contributed by atoms with Crippen molar-refractivity contribution in [1.29, 1.82) is 0 Å². The fraction of sp³-hybridized carbons (Fsp3) is 0.467.